The minimum atomic E-state index is -0.387. The van der Waals surface area contributed by atoms with Gasteiger partial charge in [-0.2, -0.15) is 0 Å². The van der Waals surface area contributed by atoms with Gasteiger partial charge < -0.3 is 4.90 Å². The van der Waals surface area contributed by atoms with Gasteiger partial charge in [0.05, 0.1) is 4.92 Å². The highest BCUT2D eigenvalue weighted by Crippen LogP contribution is 2.38. The van der Waals surface area contributed by atoms with Crippen molar-refractivity contribution in [2.24, 2.45) is 0 Å². The second kappa shape index (κ2) is 7.14. The number of nitrogens with zero attached hydrogens (tertiary/aromatic N) is 4. The van der Waals surface area contributed by atoms with Crippen molar-refractivity contribution in [3.63, 3.8) is 0 Å². The molecule has 2 aromatic rings. The highest BCUT2D eigenvalue weighted by Gasteiger charge is 2.28. The first-order valence-electron chi connectivity index (χ1n) is 7.33. The summed E-state index contributed by atoms with van der Waals surface area (Å²) in [4.78, 5) is 22.3. The van der Waals surface area contributed by atoms with Gasteiger partial charge in [0, 0.05) is 23.0 Å². The molecule has 0 N–H and O–H groups in total. The van der Waals surface area contributed by atoms with Crippen LogP contribution < -0.4 is 4.90 Å². The number of piperidine rings is 1. The lowest BCUT2D eigenvalue weighted by molar-refractivity contribution is -0.387. The van der Waals surface area contributed by atoms with Crippen molar-refractivity contribution in [1.29, 1.82) is 0 Å². The standard InChI is InChI=1S/C15H15ClN4O2S/c16-11-4-6-12(7-5-11)23-15-13(20(21)22)14(17-10-18-15)19-8-2-1-3-9-19/h4-7,10H,1-3,8-9H2. The summed E-state index contributed by atoms with van der Waals surface area (Å²) in [5.74, 6) is 0.418. The van der Waals surface area contributed by atoms with Crippen LogP contribution in [0.1, 0.15) is 19.3 Å². The van der Waals surface area contributed by atoms with Gasteiger partial charge in [0.1, 0.15) is 6.33 Å². The van der Waals surface area contributed by atoms with Crippen molar-refractivity contribution in [1.82, 2.24) is 9.97 Å². The molecule has 0 amide bonds. The Morgan fingerprint density at radius 2 is 1.83 bits per heavy atom. The number of anilines is 1. The molecule has 0 bridgehead atoms. The van der Waals surface area contributed by atoms with Gasteiger partial charge in [0.15, 0.2) is 5.03 Å². The van der Waals surface area contributed by atoms with E-state index in [1.807, 2.05) is 17.0 Å². The molecule has 0 spiro atoms. The highest BCUT2D eigenvalue weighted by atomic mass is 35.5. The van der Waals surface area contributed by atoms with Gasteiger partial charge >= 0.3 is 5.69 Å². The summed E-state index contributed by atoms with van der Waals surface area (Å²) in [6.07, 6.45) is 4.61. The third-order valence-corrected chi connectivity index (χ3v) is 4.89. The van der Waals surface area contributed by atoms with Gasteiger partial charge in [-0.25, -0.2) is 9.97 Å². The molecule has 1 saturated heterocycles. The van der Waals surface area contributed by atoms with E-state index in [4.69, 9.17) is 11.6 Å². The number of aromatic nitrogens is 2. The summed E-state index contributed by atoms with van der Waals surface area (Å²) < 4.78 is 0. The van der Waals surface area contributed by atoms with Crippen LogP contribution in [0.25, 0.3) is 0 Å². The van der Waals surface area contributed by atoms with Crippen LogP contribution in [0, 0.1) is 10.1 Å². The fourth-order valence-corrected chi connectivity index (χ4v) is 3.52. The quantitative estimate of drug-likeness (QED) is 0.468. The van der Waals surface area contributed by atoms with Gasteiger partial charge in [0.2, 0.25) is 5.82 Å². The molecule has 0 unspecified atom stereocenters. The molecule has 1 aliphatic heterocycles. The molecule has 1 aromatic heterocycles. The number of hydrogen-bond acceptors (Lipinski definition) is 6. The Balaban J connectivity index is 1.95. The van der Waals surface area contributed by atoms with Crippen LogP contribution in [0.3, 0.4) is 0 Å². The Bertz CT molecular complexity index is 705. The van der Waals surface area contributed by atoms with E-state index in [1.54, 1.807) is 12.1 Å². The lowest BCUT2D eigenvalue weighted by Gasteiger charge is -2.27. The fourth-order valence-electron chi connectivity index (χ4n) is 2.54. The van der Waals surface area contributed by atoms with Crippen LogP contribution in [-0.4, -0.2) is 28.0 Å². The van der Waals surface area contributed by atoms with E-state index in [0.29, 0.717) is 15.9 Å². The van der Waals surface area contributed by atoms with Crippen LogP contribution in [0.5, 0.6) is 0 Å². The van der Waals surface area contributed by atoms with Crippen molar-refractivity contribution in [2.45, 2.75) is 29.2 Å². The van der Waals surface area contributed by atoms with Crippen LogP contribution >= 0.6 is 23.4 Å². The molecule has 3 rings (SSSR count). The molecular weight excluding hydrogens is 336 g/mol. The summed E-state index contributed by atoms with van der Waals surface area (Å²) in [5, 5.41) is 12.6. The van der Waals surface area contributed by atoms with E-state index in [1.165, 1.54) is 18.1 Å². The minimum absolute atomic E-state index is 0.0191. The molecule has 1 aliphatic rings. The highest BCUT2D eigenvalue weighted by molar-refractivity contribution is 7.99. The summed E-state index contributed by atoms with van der Waals surface area (Å²) in [6, 6.07) is 7.14. The number of halogens is 1. The molecule has 0 saturated carbocycles. The second-order valence-electron chi connectivity index (χ2n) is 5.21. The van der Waals surface area contributed by atoms with E-state index in [2.05, 4.69) is 9.97 Å². The van der Waals surface area contributed by atoms with E-state index < -0.39 is 0 Å². The zero-order chi connectivity index (χ0) is 16.2. The van der Waals surface area contributed by atoms with Crippen LogP contribution in [0.2, 0.25) is 5.02 Å². The fraction of sp³-hybridized carbons (Fsp3) is 0.333. The van der Waals surface area contributed by atoms with Crippen molar-refractivity contribution >= 4 is 34.9 Å². The van der Waals surface area contributed by atoms with Crippen molar-refractivity contribution in [3.8, 4) is 0 Å². The summed E-state index contributed by atoms with van der Waals surface area (Å²) in [6.45, 7) is 1.59. The van der Waals surface area contributed by atoms with Gasteiger partial charge in [0.25, 0.3) is 0 Å². The zero-order valence-corrected chi connectivity index (χ0v) is 13.9. The third kappa shape index (κ3) is 3.73. The first-order chi connectivity index (χ1) is 11.1. The van der Waals surface area contributed by atoms with Crippen LogP contribution in [0.15, 0.2) is 40.5 Å². The molecule has 6 nitrogen and oxygen atoms in total. The molecule has 0 aliphatic carbocycles. The monoisotopic (exact) mass is 350 g/mol. The molecule has 0 atom stereocenters. The first-order valence-corrected chi connectivity index (χ1v) is 8.52. The van der Waals surface area contributed by atoms with E-state index in [-0.39, 0.29) is 10.6 Å². The average Bonchev–Trinajstić information content (AvgIpc) is 2.57. The Morgan fingerprint density at radius 1 is 1.13 bits per heavy atom. The number of hydrogen-bond donors (Lipinski definition) is 0. The molecule has 1 fully saturated rings. The van der Waals surface area contributed by atoms with Gasteiger partial charge in [-0.05, 0) is 43.5 Å². The molecule has 1 aromatic carbocycles. The van der Waals surface area contributed by atoms with Crippen LogP contribution in [0.4, 0.5) is 11.5 Å². The van der Waals surface area contributed by atoms with E-state index in [0.717, 1.165) is 37.2 Å². The summed E-state index contributed by atoms with van der Waals surface area (Å²) in [7, 11) is 0. The molecule has 120 valence electrons. The van der Waals surface area contributed by atoms with Crippen LogP contribution in [-0.2, 0) is 0 Å². The maximum Gasteiger partial charge on any atom is 0.343 e. The number of nitro groups is 1. The van der Waals surface area contributed by atoms with Crippen molar-refractivity contribution in [3.05, 3.63) is 45.7 Å². The smallest absolute Gasteiger partial charge is 0.343 e. The molecular formula is C15H15ClN4O2S. The lowest BCUT2D eigenvalue weighted by Crippen LogP contribution is -2.31. The normalized spacial score (nSPS) is 14.7. The predicted octanol–water partition coefficient (Wildman–Crippen LogP) is 4.18. The zero-order valence-electron chi connectivity index (χ0n) is 12.3. The maximum absolute atomic E-state index is 11.6. The summed E-state index contributed by atoms with van der Waals surface area (Å²) >= 11 is 7.12. The number of benzene rings is 1. The summed E-state index contributed by atoms with van der Waals surface area (Å²) in [5.41, 5.74) is -0.0191. The topological polar surface area (TPSA) is 72.2 Å². The largest absolute Gasteiger partial charge is 0.351 e. The SMILES string of the molecule is O=[N+]([O-])c1c(Sc2ccc(Cl)cc2)ncnc1N1CCCCC1. The Morgan fingerprint density at radius 3 is 2.48 bits per heavy atom. The van der Waals surface area contributed by atoms with Crippen molar-refractivity contribution < 1.29 is 4.92 Å². The van der Waals surface area contributed by atoms with Gasteiger partial charge in [-0.1, -0.05) is 23.4 Å². The third-order valence-electron chi connectivity index (χ3n) is 3.64. The maximum atomic E-state index is 11.6. The Labute approximate surface area is 143 Å². The molecule has 0 radical (unpaired) electrons. The van der Waals surface area contributed by atoms with E-state index in [9.17, 15) is 10.1 Å². The second-order valence-corrected chi connectivity index (χ2v) is 6.71. The Hall–Kier alpha value is -1.86. The average molecular weight is 351 g/mol. The molecule has 23 heavy (non-hydrogen) atoms. The minimum Gasteiger partial charge on any atom is -0.351 e. The first kappa shape index (κ1) is 16.0. The number of rotatable bonds is 4. The van der Waals surface area contributed by atoms with E-state index >= 15 is 0 Å². The molecule has 2 heterocycles. The van der Waals surface area contributed by atoms with Crippen molar-refractivity contribution in [2.75, 3.05) is 18.0 Å². The Kier molecular flexibility index (Phi) is 4.97. The lowest BCUT2D eigenvalue weighted by atomic mass is 10.1. The molecule has 8 heteroatoms. The van der Waals surface area contributed by atoms with Gasteiger partial charge in [-0.3, -0.25) is 10.1 Å². The predicted molar refractivity (Wildman–Crippen MR) is 90.3 cm³/mol. The van der Waals surface area contributed by atoms with Gasteiger partial charge in [-0.15, -0.1) is 0 Å².